The lowest BCUT2D eigenvalue weighted by Crippen LogP contribution is -2.46. The van der Waals surface area contributed by atoms with E-state index in [-0.39, 0.29) is 17.7 Å². The van der Waals surface area contributed by atoms with Gasteiger partial charge in [-0.05, 0) is 37.5 Å². The Labute approximate surface area is 121 Å². The first-order chi connectivity index (χ1) is 9.37. The van der Waals surface area contributed by atoms with Gasteiger partial charge in [0.25, 0.3) is 10.2 Å². The van der Waals surface area contributed by atoms with Gasteiger partial charge in [0.05, 0.1) is 0 Å². The van der Waals surface area contributed by atoms with E-state index in [9.17, 15) is 13.2 Å². The average Bonchev–Trinajstić information content (AvgIpc) is 2.81. The summed E-state index contributed by atoms with van der Waals surface area (Å²) in [6, 6.07) is 0. The second-order valence-corrected chi connectivity index (χ2v) is 7.58. The van der Waals surface area contributed by atoms with Crippen LogP contribution >= 0.6 is 0 Å². The molecule has 1 saturated carbocycles. The maximum Gasteiger partial charge on any atom is 0.274 e. The smallest absolute Gasteiger partial charge is 0.274 e. The fourth-order valence-electron chi connectivity index (χ4n) is 3.41. The lowest BCUT2D eigenvalue weighted by molar-refractivity contribution is -0.138. The summed E-state index contributed by atoms with van der Waals surface area (Å²) in [7, 11) is -3.64. The van der Waals surface area contributed by atoms with Crippen LogP contribution < -0.4 is 9.86 Å². The van der Waals surface area contributed by atoms with Crippen molar-refractivity contribution in [2.45, 2.75) is 39.0 Å². The monoisotopic (exact) mass is 303 g/mol. The van der Waals surface area contributed by atoms with Crippen LogP contribution in [0.2, 0.25) is 0 Å². The van der Waals surface area contributed by atoms with E-state index in [0.29, 0.717) is 19.0 Å². The second-order valence-electron chi connectivity index (χ2n) is 6.20. The molecule has 0 bridgehead atoms. The van der Waals surface area contributed by atoms with E-state index >= 15 is 0 Å². The van der Waals surface area contributed by atoms with Crippen LogP contribution in [0.3, 0.4) is 0 Å². The molecular formula is C13H25N3O3S. The molecule has 0 aromatic carbocycles. The van der Waals surface area contributed by atoms with Crippen LogP contribution in [-0.2, 0) is 15.0 Å². The van der Waals surface area contributed by atoms with E-state index in [0.717, 1.165) is 38.6 Å². The third-order valence-corrected chi connectivity index (χ3v) is 5.15. The van der Waals surface area contributed by atoms with E-state index in [1.807, 2.05) is 4.90 Å². The summed E-state index contributed by atoms with van der Waals surface area (Å²) in [5.74, 6) is 1.07. The van der Waals surface area contributed by atoms with Gasteiger partial charge in [-0.25, -0.2) is 9.86 Å². The zero-order valence-electron chi connectivity index (χ0n) is 12.0. The number of amides is 1. The Kier molecular flexibility index (Phi) is 5.04. The van der Waals surface area contributed by atoms with Crippen molar-refractivity contribution in [1.82, 2.24) is 9.62 Å². The number of carbonyl (C=O) groups is 1. The highest BCUT2D eigenvalue weighted by atomic mass is 32.2. The Morgan fingerprint density at radius 1 is 1.30 bits per heavy atom. The van der Waals surface area contributed by atoms with Crippen LogP contribution in [0.5, 0.6) is 0 Å². The molecule has 1 heterocycles. The zero-order chi connectivity index (χ0) is 14.8. The Morgan fingerprint density at radius 2 is 2.05 bits per heavy atom. The molecule has 0 spiro atoms. The van der Waals surface area contributed by atoms with E-state index in [4.69, 9.17) is 5.14 Å². The van der Waals surface area contributed by atoms with Gasteiger partial charge in [0.15, 0.2) is 0 Å². The minimum atomic E-state index is -3.64. The normalized spacial score (nSPS) is 31.5. The summed E-state index contributed by atoms with van der Waals surface area (Å²) in [6.07, 6.45) is 5.15. The summed E-state index contributed by atoms with van der Waals surface area (Å²) in [5.41, 5.74) is 0. The number of piperidine rings is 1. The van der Waals surface area contributed by atoms with Gasteiger partial charge in [-0.15, -0.1) is 0 Å². The quantitative estimate of drug-likeness (QED) is 0.790. The SMILES string of the molecule is CC1CCCC1C(=O)N1CCCC(CNS(N)(=O)=O)C1. The molecule has 0 aromatic heterocycles. The van der Waals surface area contributed by atoms with Crippen molar-refractivity contribution < 1.29 is 13.2 Å². The van der Waals surface area contributed by atoms with E-state index in [2.05, 4.69) is 11.6 Å². The summed E-state index contributed by atoms with van der Waals surface area (Å²) < 4.78 is 24.2. The number of carbonyl (C=O) groups excluding carboxylic acids is 1. The summed E-state index contributed by atoms with van der Waals surface area (Å²) in [4.78, 5) is 14.4. The fourth-order valence-corrected chi connectivity index (χ4v) is 3.88. The molecule has 2 rings (SSSR count). The first kappa shape index (κ1) is 15.7. The van der Waals surface area contributed by atoms with Crippen molar-refractivity contribution in [3.05, 3.63) is 0 Å². The molecule has 3 unspecified atom stereocenters. The summed E-state index contributed by atoms with van der Waals surface area (Å²) in [5, 5.41) is 4.95. The molecule has 1 saturated heterocycles. The van der Waals surface area contributed by atoms with Crippen LogP contribution in [0.4, 0.5) is 0 Å². The number of likely N-dealkylation sites (tertiary alicyclic amines) is 1. The molecule has 7 heteroatoms. The van der Waals surface area contributed by atoms with Crippen molar-refractivity contribution in [2.75, 3.05) is 19.6 Å². The molecule has 0 aromatic rings. The molecule has 1 aliphatic heterocycles. The lowest BCUT2D eigenvalue weighted by Gasteiger charge is -2.35. The summed E-state index contributed by atoms with van der Waals surface area (Å²) in [6.45, 7) is 3.92. The predicted octanol–water partition coefficient (Wildman–Crippen LogP) is 0.454. The van der Waals surface area contributed by atoms with E-state index < -0.39 is 10.2 Å². The molecule has 1 amide bonds. The fraction of sp³-hybridized carbons (Fsp3) is 0.923. The van der Waals surface area contributed by atoms with E-state index in [1.54, 1.807) is 0 Å². The topological polar surface area (TPSA) is 92.5 Å². The zero-order valence-corrected chi connectivity index (χ0v) is 12.9. The third-order valence-electron chi connectivity index (χ3n) is 4.58. The minimum absolute atomic E-state index is 0.167. The number of nitrogens with zero attached hydrogens (tertiary/aromatic N) is 1. The van der Waals surface area contributed by atoms with Gasteiger partial charge in [-0.2, -0.15) is 8.42 Å². The number of nitrogens with two attached hydrogens (primary N) is 1. The highest BCUT2D eigenvalue weighted by Crippen LogP contribution is 2.33. The molecule has 0 radical (unpaired) electrons. The van der Waals surface area contributed by atoms with Crippen molar-refractivity contribution >= 4 is 16.1 Å². The standard InChI is InChI=1S/C13H25N3O3S/c1-10-4-2-6-12(10)13(17)16-7-3-5-11(9-16)8-15-20(14,18)19/h10-12,15H,2-9H2,1H3,(H2,14,18,19). The van der Waals surface area contributed by atoms with Crippen LogP contribution in [-0.4, -0.2) is 38.9 Å². The number of hydrogen-bond donors (Lipinski definition) is 2. The van der Waals surface area contributed by atoms with Gasteiger partial charge < -0.3 is 4.90 Å². The predicted molar refractivity (Wildman–Crippen MR) is 76.9 cm³/mol. The van der Waals surface area contributed by atoms with E-state index in [1.165, 1.54) is 0 Å². The maximum absolute atomic E-state index is 12.5. The Morgan fingerprint density at radius 3 is 2.65 bits per heavy atom. The molecule has 1 aliphatic carbocycles. The molecular weight excluding hydrogens is 278 g/mol. The van der Waals surface area contributed by atoms with Gasteiger partial charge >= 0.3 is 0 Å². The highest BCUT2D eigenvalue weighted by molar-refractivity contribution is 7.87. The highest BCUT2D eigenvalue weighted by Gasteiger charge is 2.34. The third kappa shape index (κ3) is 4.17. The molecule has 6 nitrogen and oxygen atoms in total. The minimum Gasteiger partial charge on any atom is -0.342 e. The van der Waals surface area contributed by atoms with Crippen LogP contribution in [0, 0.1) is 17.8 Å². The molecule has 3 N–H and O–H groups in total. The van der Waals surface area contributed by atoms with Crippen LogP contribution in [0.15, 0.2) is 0 Å². The van der Waals surface area contributed by atoms with Crippen LogP contribution in [0.25, 0.3) is 0 Å². The first-order valence-electron chi connectivity index (χ1n) is 7.43. The molecule has 3 atom stereocenters. The molecule has 2 aliphatic rings. The van der Waals surface area contributed by atoms with Crippen LogP contribution in [0.1, 0.15) is 39.0 Å². The van der Waals surface area contributed by atoms with Gasteiger partial charge in [-0.3, -0.25) is 4.79 Å². The Hall–Kier alpha value is -0.660. The number of nitrogens with one attached hydrogen (secondary N) is 1. The first-order valence-corrected chi connectivity index (χ1v) is 8.97. The Balaban J connectivity index is 1.88. The maximum atomic E-state index is 12.5. The molecule has 116 valence electrons. The summed E-state index contributed by atoms with van der Waals surface area (Å²) >= 11 is 0. The van der Waals surface area contributed by atoms with Gasteiger partial charge in [0.2, 0.25) is 5.91 Å². The van der Waals surface area contributed by atoms with Gasteiger partial charge in [-0.1, -0.05) is 13.3 Å². The molecule has 20 heavy (non-hydrogen) atoms. The Bertz CT molecular complexity index is 452. The second kappa shape index (κ2) is 6.41. The van der Waals surface area contributed by atoms with Crippen molar-refractivity contribution in [2.24, 2.45) is 22.9 Å². The number of hydrogen-bond acceptors (Lipinski definition) is 3. The van der Waals surface area contributed by atoms with Crippen molar-refractivity contribution in [3.8, 4) is 0 Å². The lowest BCUT2D eigenvalue weighted by atomic mass is 9.93. The van der Waals surface area contributed by atoms with Crippen molar-refractivity contribution in [3.63, 3.8) is 0 Å². The number of rotatable bonds is 4. The molecule has 2 fully saturated rings. The van der Waals surface area contributed by atoms with Gasteiger partial charge in [0.1, 0.15) is 0 Å². The van der Waals surface area contributed by atoms with Crippen molar-refractivity contribution in [1.29, 1.82) is 0 Å². The average molecular weight is 303 g/mol. The van der Waals surface area contributed by atoms with Gasteiger partial charge in [0, 0.05) is 25.6 Å². The largest absolute Gasteiger partial charge is 0.342 e.